The van der Waals surface area contributed by atoms with Crippen molar-refractivity contribution < 1.29 is 31.5 Å². The van der Waals surface area contributed by atoms with E-state index in [0.29, 0.717) is 21.9 Å². The SMILES string of the molecule is CC(C)c1c(NC(=O)Nc2cnc(-n3nccn3)c(C(F)(F)F)c2)cnc2ccc(OC(F)F)nc12. The van der Waals surface area contributed by atoms with E-state index < -0.39 is 30.2 Å². The number of nitrogens with zero attached hydrogens (tertiary/aromatic N) is 6. The van der Waals surface area contributed by atoms with Gasteiger partial charge in [0, 0.05) is 11.6 Å². The Balaban J connectivity index is 1.63. The second kappa shape index (κ2) is 9.67. The molecule has 0 aliphatic rings. The molecule has 0 aliphatic heterocycles. The standard InChI is InChI=1S/C21H17F5N8O2/c1-10(2)16-14(9-27-13-3-4-15(33-17(13)16)36-19(22)23)32-20(35)31-11-7-12(21(24,25)26)18(28-8-11)34-29-5-6-30-34/h3-10,19H,1-2H3,(H2,31,32,35). The number of hydrogen-bond donors (Lipinski definition) is 2. The van der Waals surface area contributed by atoms with E-state index in [0.717, 1.165) is 6.20 Å². The van der Waals surface area contributed by atoms with Crippen molar-refractivity contribution in [1.82, 2.24) is 29.9 Å². The zero-order valence-corrected chi connectivity index (χ0v) is 18.6. The number of hydrogen-bond acceptors (Lipinski definition) is 7. The van der Waals surface area contributed by atoms with Crippen molar-refractivity contribution >= 4 is 28.4 Å². The molecule has 0 radical (unpaired) electrons. The number of rotatable bonds is 6. The molecule has 0 saturated heterocycles. The molecular weight excluding hydrogens is 491 g/mol. The predicted molar refractivity (Wildman–Crippen MR) is 117 cm³/mol. The molecule has 0 spiro atoms. The van der Waals surface area contributed by atoms with Gasteiger partial charge >= 0.3 is 18.8 Å². The normalized spacial score (nSPS) is 11.8. The fraction of sp³-hybridized carbons (Fsp3) is 0.238. The average Bonchev–Trinajstić information content (AvgIpc) is 3.32. The van der Waals surface area contributed by atoms with E-state index in [4.69, 9.17) is 0 Å². The Labute approximate surface area is 199 Å². The van der Waals surface area contributed by atoms with Gasteiger partial charge in [-0.3, -0.25) is 4.98 Å². The van der Waals surface area contributed by atoms with E-state index in [1.807, 2.05) is 0 Å². The highest BCUT2D eigenvalue weighted by Gasteiger charge is 2.36. The van der Waals surface area contributed by atoms with Crippen LogP contribution < -0.4 is 15.4 Å². The predicted octanol–water partition coefficient (Wildman–Crippen LogP) is 4.99. The third-order valence-electron chi connectivity index (χ3n) is 4.80. The maximum atomic E-state index is 13.6. The topological polar surface area (TPSA) is 120 Å². The van der Waals surface area contributed by atoms with Crippen molar-refractivity contribution in [2.75, 3.05) is 10.6 Å². The summed E-state index contributed by atoms with van der Waals surface area (Å²) in [5.74, 6) is -1.15. The van der Waals surface area contributed by atoms with Gasteiger partial charge in [0.25, 0.3) is 0 Å². The smallest absolute Gasteiger partial charge is 0.417 e. The summed E-state index contributed by atoms with van der Waals surface area (Å²) < 4.78 is 70.4. The lowest BCUT2D eigenvalue weighted by molar-refractivity contribution is -0.137. The molecule has 2 N–H and O–H groups in total. The van der Waals surface area contributed by atoms with Crippen LogP contribution in [0.5, 0.6) is 5.88 Å². The highest BCUT2D eigenvalue weighted by molar-refractivity contribution is 6.01. The minimum atomic E-state index is -4.80. The highest BCUT2D eigenvalue weighted by Crippen LogP contribution is 2.34. The van der Waals surface area contributed by atoms with Crippen LogP contribution in [-0.2, 0) is 6.18 Å². The average molecular weight is 508 g/mol. The van der Waals surface area contributed by atoms with E-state index in [2.05, 4.69) is 40.5 Å². The van der Waals surface area contributed by atoms with Crippen molar-refractivity contribution in [1.29, 1.82) is 0 Å². The first-order chi connectivity index (χ1) is 17.0. The van der Waals surface area contributed by atoms with Crippen LogP contribution in [0.15, 0.2) is 43.0 Å². The van der Waals surface area contributed by atoms with Gasteiger partial charge in [-0.2, -0.15) is 32.1 Å². The van der Waals surface area contributed by atoms with Gasteiger partial charge in [-0.1, -0.05) is 13.8 Å². The molecule has 0 aromatic carbocycles. The molecule has 0 atom stereocenters. The number of fused-ring (bicyclic) bond motifs is 1. The first-order valence-electron chi connectivity index (χ1n) is 10.3. The van der Waals surface area contributed by atoms with Crippen LogP contribution in [-0.4, -0.2) is 42.6 Å². The number of carbonyl (C=O) groups excluding carboxylic acids is 1. The largest absolute Gasteiger partial charge is 0.420 e. The molecule has 0 fully saturated rings. The molecule has 15 heteroatoms. The molecule has 0 unspecified atom stereocenters. The van der Waals surface area contributed by atoms with Crippen LogP contribution in [0.4, 0.5) is 38.1 Å². The highest BCUT2D eigenvalue weighted by atomic mass is 19.4. The first kappa shape index (κ1) is 24.7. The molecule has 0 saturated carbocycles. The monoisotopic (exact) mass is 508 g/mol. The Morgan fingerprint density at radius 1 is 1.06 bits per heavy atom. The molecule has 2 amide bonds. The van der Waals surface area contributed by atoms with E-state index in [-0.39, 0.29) is 28.7 Å². The summed E-state index contributed by atoms with van der Waals surface area (Å²) in [6.45, 7) is 0.479. The molecule has 188 valence electrons. The number of aromatic nitrogens is 6. The third kappa shape index (κ3) is 5.29. The van der Waals surface area contributed by atoms with Crippen LogP contribution in [0.3, 0.4) is 0 Å². The number of alkyl halides is 5. The van der Waals surface area contributed by atoms with Gasteiger partial charge in [0.15, 0.2) is 5.82 Å². The number of anilines is 2. The molecule has 4 aromatic rings. The van der Waals surface area contributed by atoms with Crippen LogP contribution in [0, 0.1) is 0 Å². The minimum Gasteiger partial charge on any atom is -0.417 e. The Morgan fingerprint density at radius 3 is 2.42 bits per heavy atom. The number of nitrogens with one attached hydrogen (secondary N) is 2. The van der Waals surface area contributed by atoms with Crippen molar-refractivity contribution in [2.24, 2.45) is 0 Å². The molecule has 36 heavy (non-hydrogen) atoms. The number of amides is 2. The van der Waals surface area contributed by atoms with Gasteiger partial charge in [-0.05, 0) is 18.1 Å². The second-order valence-electron chi connectivity index (χ2n) is 7.63. The van der Waals surface area contributed by atoms with Crippen LogP contribution in [0.2, 0.25) is 0 Å². The Morgan fingerprint density at radius 2 is 1.78 bits per heavy atom. The second-order valence-corrected chi connectivity index (χ2v) is 7.63. The van der Waals surface area contributed by atoms with Crippen molar-refractivity contribution in [3.8, 4) is 11.7 Å². The van der Waals surface area contributed by atoms with Gasteiger partial charge in [-0.25, -0.2) is 14.8 Å². The number of pyridine rings is 3. The summed E-state index contributed by atoms with van der Waals surface area (Å²) >= 11 is 0. The summed E-state index contributed by atoms with van der Waals surface area (Å²) in [5.41, 5.74) is -0.183. The molecule has 0 bridgehead atoms. The molecule has 0 aliphatic carbocycles. The van der Waals surface area contributed by atoms with Gasteiger partial charge in [0.1, 0.15) is 5.56 Å². The van der Waals surface area contributed by atoms with E-state index in [9.17, 15) is 26.7 Å². The first-order valence-corrected chi connectivity index (χ1v) is 10.3. The summed E-state index contributed by atoms with van der Waals surface area (Å²) in [4.78, 5) is 25.3. The lowest BCUT2D eigenvalue weighted by Crippen LogP contribution is -2.22. The lowest BCUT2D eigenvalue weighted by atomic mass is 10.0. The maximum absolute atomic E-state index is 13.6. The molecule has 4 rings (SSSR count). The van der Waals surface area contributed by atoms with Crippen molar-refractivity contribution in [3.05, 3.63) is 54.1 Å². The fourth-order valence-corrected chi connectivity index (χ4v) is 3.41. The Bertz CT molecular complexity index is 1390. The van der Waals surface area contributed by atoms with Crippen molar-refractivity contribution in [3.63, 3.8) is 0 Å². The minimum absolute atomic E-state index is 0.179. The number of urea groups is 1. The van der Waals surface area contributed by atoms with Crippen molar-refractivity contribution in [2.45, 2.75) is 32.6 Å². The van der Waals surface area contributed by atoms with E-state index in [1.165, 1.54) is 30.7 Å². The third-order valence-corrected chi connectivity index (χ3v) is 4.80. The van der Waals surface area contributed by atoms with Crippen LogP contribution >= 0.6 is 0 Å². The van der Waals surface area contributed by atoms with Gasteiger partial charge in [0.2, 0.25) is 5.88 Å². The van der Waals surface area contributed by atoms with Gasteiger partial charge in [0.05, 0.1) is 47.2 Å². The molecular formula is C21H17F5N8O2. The summed E-state index contributed by atoms with van der Waals surface area (Å²) in [6, 6.07) is 2.48. The molecule has 4 aromatic heterocycles. The summed E-state index contributed by atoms with van der Waals surface area (Å²) in [6.07, 6.45) is -0.0596. The maximum Gasteiger partial charge on any atom is 0.420 e. The number of halogens is 5. The Kier molecular flexibility index (Phi) is 6.63. The molecule has 10 nitrogen and oxygen atoms in total. The number of ether oxygens (including phenoxy) is 1. The van der Waals surface area contributed by atoms with Gasteiger partial charge in [-0.15, -0.1) is 4.80 Å². The number of carbonyl (C=O) groups is 1. The van der Waals surface area contributed by atoms with Crippen LogP contribution in [0.25, 0.3) is 16.9 Å². The fourth-order valence-electron chi connectivity index (χ4n) is 3.41. The zero-order valence-electron chi connectivity index (χ0n) is 18.6. The summed E-state index contributed by atoms with van der Waals surface area (Å²) in [5, 5.41) is 12.1. The zero-order chi connectivity index (χ0) is 26.0. The van der Waals surface area contributed by atoms with E-state index in [1.54, 1.807) is 13.8 Å². The quantitative estimate of drug-likeness (QED) is 0.352. The van der Waals surface area contributed by atoms with Crippen LogP contribution in [0.1, 0.15) is 30.9 Å². The summed E-state index contributed by atoms with van der Waals surface area (Å²) in [7, 11) is 0. The lowest BCUT2D eigenvalue weighted by Gasteiger charge is -2.17. The van der Waals surface area contributed by atoms with E-state index >= 15 is 0 Å². The Hall–Kier alpha value is -4.43. The van der Waals surface area contributed by atoms with Gasteiger partial charge < -0.3 is 15.4 Å². The molecule has 4 heterocycles.